The highest BCUT2D eigenvalue weighted by molar-refractivity contribution is 7.89. The van der Waals surface area contributed by atoms with Crippen molar-refractivity contribution in [1.82, 2.24) is 19.5 Å². The molecule has 0 saturated heterocycles. The second kappa shape index (κ2) is 6.46. The zero-order valence-corrected chi connectivity index (χ0v) is 12.0. The smallest absolute Gasteiger partial charge is 0.260 e. The SMILES string of the molecule is N=C(N)CCN(Cc1cccnc1)S(=O)(=O)c1ccn[nH]1. The van der Waals surface area contributed by atoms with E-state index in [1.54, 1.807) is 24.5 Å². The quantitative estimate of drug-likeness (QED) is 0.501. The van der Waals surface area contributed by atoms with Crippen LogP contribution >= 0.6 is 0 Å². The Bertz CT molecular complexity index is 684. The molecule has 0 fully saturated rings. The molecule has 9 heteroatoms. The lowest BCUT2D eigenvalue weighted by Gasteiger charge is -2.21. The summed E-state index contributed by atoms with van der Waals surface area (Å²) in [5, 5.41) is 13.4. The predicted molar refractivity (Wildman–Crippen MR) is 77.0 cm³/mol. The Labute approximate surface area is 122 Å². The Morgan fingerprint density at radius 1 is 1.38 bits per heavy atom. The van der Waals surface area contributed by atoms with E-state index in [1.165, 1.54) is 16.6 Å². The van der Waals surface area contributed by atoms with Gasteiger partial charge in [0.05, 0.1) is 12.0 Å². The number of aromatic nitrogens is 3. The summed E-state index contributed by atoms with van der Waals surface area (Å²) >= 11 is 0. The number of aromatic amines is 1. The van der Waals surface area contributed by atoms with Gasteiger partial charge in [-0.2, -0.15) is 9.40 Å². The van der Waals surface area contributed by atoms with Crippen LogP contribution in [-0.2, 0) is 16.6 Å². The van der Waals surface area contributed by atoms with E-state index in [9.17, 15) is 8.42 Å². The molecule has 0 amide bonds. The first-order valence-corrected chi connectivity index (χ1v) is 7.65. The molecule has 0 spiro atoms. The summed E-state index contributed by atoms with van der Waals surface area (Å²) in [6.45, 7) is 0.272. The number of sulfonamides is 1. The standard InChI is InChI=1S/C12H16N6O2S/c13-11(14)4-7-18(9-10-2-1-5-15-8-10)21(19,20)12-3-6-16-17-12/h1-3,5-6,8H,4,7,9H2,(H3,13,14)(H,16,17). The predicted octanol–water partition coefficient (Wildman–Crippen LogP) is 0.322. The normalized spacial score (nSPS) is 11.7. The van der Waals surface area contributed by atoms with Crippen LogP contribution in [0, 0.1) is 5.41 Å². The highest BCUT2D eigenvalue weighted by atomic mass is 32.2. The number of nitrogens with zero attached hydrogens (tertiary/aromatic N) is 3. The lowest BCUT2D eigenvalue weighted by Crippen LogP contribution is -2.33. The van der Waals surface area contributed by atoms with Gasteiger partial charge in [-0.3, -0.25) is 15.5 Å². The van der Waals surface area contributed by atoms with Crippen molar-refractivity contribution >= 4 is 15.9 Å². The van der Waals surface area contributed by atoms with Crippen molar-refractivity contribution in [2.45, 2.75) is 18.0 Å². The highest BCUT2D eigenvalue weighted by Crippen LogP contribution is 2.16. The number of amidine groups is 1. The molecule has 0 saturated carbocycles. The zero-order chi connectivity index (χ0) is 15.3. The number of nitrogens with two attached hydrogens (primary N) is 1. The molecule has 0 atom stereocenters. The summed E-state index contributed by atoms with van der Waals surface area (Å²) in [6.07, 6.45) is 4.75. The molecule has 0 aliphatic heterocycles. The van der Waals surface area contributed by atoms with Gasteiger partial charge in [0.1, 0.15) is 0 Å². The fourth-order valence-electron chi connectivity index (χ4n) is 1.75. The maximum atomic E-state index is 12.5. The Morgan fingerprint density at radius 2 is 2.19 bits per heavy atom. The van der Waals surface area contributed by atoms with Crippen molar-refractivity contribution in [3.63, 3.8) is 0 Å². The topological polar surface area (TPSA) is 129 Å². The summed E-state index contributed by atoms with van der Waals surface area (Å²) < 4.78 is 26.3. The average molecular weight is 308 g/mol. The van der Waals surface area contributed by atoms with Crippen molar-refractivity contribution in [1.29, 1.82) is 5.41 Å². The van der Waals surface area contributed by atoms with Gasteiger partial charge in [-0.15, -0.1) is 0 Å². The van der Waals surface area contributed by atoms with E-state index < -0.39 is 10.0 Å². The van der Waals surface area contributed by atoms with Crippen LogP contribution in [0.4, 0.5) is 0 Å². The molecule has 8 nitrogen and oxygen atoms in total. The van der Waals surface area contributed by atoms with Gasteiger partial charge >= 0.3 is 0 Å². The molecule has 2 aromatic rings. The second-order valence-corrected chi connectivity index (χ2v) is 6.30. The highest BCUT2D eigenvalue weighted by Gasteiger charge is 2.25. The summed E-state index contributed by atoms with van der Waals surface area (Å²) in [5.74, 6) is -0.0639. The summed E-state index contributed by atoms with van der Waals surface area (Å²) in [6, 6.07) is 4.91. The van der Waals surface area contributed by atoms with Gasteiger partial charge in [-0.1, -0.05) is 6.07 Å². The third-order valence-electron chi connectivity index (χ3n) is 2.81. The maximum Gasteiger partial charge on any atom is 0.260 e. The van der Waals surface area contributed by atoms with Crippen LogP contribution in [0.5, 0.6) is 0 Å². The number of hydrogen-bond donors (Lipinski definition) is 3. The van der Waals surface area contributed by atoms with Crippen LogP contribution in [-0.4, -0.2) is 40.3 Å². The molecule has 0 aliphatic carbocycles. The van der Waals surface area contributed by atoms with Crippen molar-refractivity contribution in [2.24, 2.45) is 5.73 Å². The summed E-state index contributed by atoms with van der Waals surface area (Å²) in [4.78, 5) is 3.97. The molecule has 4 N–H and O–H groups in total. The third kappa shape index (κ3) is 3.86. The van der Waals surface area contributed by atoms with Gasteiger partial charge < -0.3 is 5.73 Å². The van der Waals surface area contributed by atoms with Gasteiger partial charge in [-0.05, 0) is 17.7 Å². The first-order chi connectivity index (χ1) is 10.00. The molecule has 21 heavy (non-hydrogen) atoms. The first kappa shape index (κ1) is 15.1. The van der Waals surface area contributed by atoms with Gasteiger partial charge in [0.15, 0.2) is 5.03 Å². The van der Waals surface area contributed by atoms with Crippen LogP contribution in [0.25, 0.3) is 0 Å². The number of H-pyrrole nitrogens is 1. The minimum atomic E-state index is -3.72. The van der Waals surface area contributed by atoms with E-state index in [0.29, 0.717) is 0 Å². The fourth-order valence-corrected chi connectivity index (χ4v) is 3.08. The van der Waals surface area contributed by atoms with Gasteiger partial charge in [-0.25, -0.2) is 8.42 Å². The maximum absolute atomic E-state index is 12.5. The average Bonchev–Trinajstić information content (AvgIpc) is 2.99. The van der Waals surface area contributed by atoms with E-state index in [1.807, 2.05) is 0 Å². The minimum Gasteiger partial charge on any atom is -0.388 e. The lowest BCUT2D eigenvalue weighted by atomic mass is 10.3. The third-order valence-corrected chi connectivity index (χ3v) is 4.58. The first-order valence-electron chi connectivity index (χ1n) is 6.21. The van der Waals surface area contributed by atoms with Crippen LogP contribution in [0.1, 0.15) is 12.0 Å². The number of rotatable bonds is 7. The molecular weight excluding hydrogens is 292 g/mol. The molecule has 112 valence electrons. The molecule has 2 heterocycles. The Balaban J connectivity index is 2.25. The number of nitrogens with one attached hydrogen (secondary N) is 2. The van der Waals surface area contributed by atoms with Crippen LogP contribution in [0.15, 0.2) is 41.8 Å². The molecule has 0 radical (unpaired) electrons. The van der Waals surface area contributed by atoms with E-state index in [0.717, 1.165) is 5.56 Å². The molecule has 0 aliphatic rings. The summed E-state index contributed by atoms with van der Waals surface area (Å²) in [7, 11) is -3.72. The Morgan fingerprint density at radius 3 is 2.76 bits per heavy atom. The molecule has 2 rings (SSSR count). The van der Waals surface area contributed by atoms with Crippen LogP contribution in [0.3, 0.4) is 0 Å². The van der Waals surface area contributed by atoms with Crippen LogP contribution < -0.4 is 5.73 Å². The van der Waals surface area contributed by atoms with Gasteiger partial charge in [0, 0.05) is 31.9 Å². The minimum absolute atomic E-state index is 0.00921. The van der Waals surface area contributed by atoms with Gasteiger partial charge in [0.25, 0.3) is 10.0 Å². The van der Waals surface area contributed by atoms with Crippen molar-refractivity contribution in [2.75, 3.05) is 6.54 Å². The monoisotopic (exact) mass is 308 g/mol. The van der Waals surface area contributed by atoms with Crippen molar-refractivity contribution < 1.29 is 8.42 Å². The largest absolute Gasteiger partial charge is 0.388 e. The second-order valence-electron chi connectivity index (χ2n) is 4.40. The number of pyridine rings is 1. The van der Waals surface area contributed by atoms with E-state index in [4.69, 9.17) is 11.1 Å². The molecular formula is C12H16N6O2S. The summed E-state index contributed by atoms with van der Waals surface area (Å²) in [5.41, 5.74) is 6.08. The van der Waals surface area contributed by atoms with E-state index >= 15 is 0 Å². The number of hydrogen-bond acceptors (Lipinski definition) is 5. The van der Waals surface area contributed by atoms with E-state index in [-0.39, 0.29) is 30.4 Å². The molecule has 2 aromatic heterocycles. The Kier molecular flexibility index (Phi) is 4.66. The molecule has 0 aromatic carbocycles. The molecule has 0 unspecified atom stereocenters. The zero-order valence-electron chi connectivity index (χ0n) is 11.2. The fraction of sp³-hybridized carbons (Fsp3) is 0.250. The van der Waals surface area contributed by atoms with Crippen molar-refractivity contribution in [3.8, 4) is 0 Å². The van der Waals surface area contributed by atoms with E-state index in [2.05, 4.69) is 15.2 Å². The van der Waals surface area contributed by atoms with Crippen LogP contribution in [0.2, 0.25) is 0 Å². The van der Waals surface area contributed by atoms with Gasteiger partial charge in [0.2, 0.25) is 0 Å². The Hall–Kier alpha value is -2.26. The van der Waals surface area contributed by atoms with Crippen molar-refractivity contribution in [3.05, 3.63) is 42.4 Å². The molecule has 0 bridgehead atoms. The lowest BCUT2D eigenvalue weighted by molar-refractivity contribution is 0.412.